The number of amides is 1. The minimum atomic E-state index is -0.0571. The summed E-state index contributed by atoms with van der Waals surface area (Å²) in [5.74, 6) is -0.0571. The summed E-state index contributed by atoms with van der Waals surface area (Å²) in [6.07, 6.45) is 2.06. The second kappa shape index (κ2) is 8.18. The molecule has 0 fully saturated rings. The van der Waals surface area contributed by atoms with E-state index < -0.39 is 0 Å². The first-order valence-corrected chi connectivity index (χ1v) is 12.3. The van der Waals surface area contributed by atoms with Gasteiger partial charge < -0.3 is 0 Å². The first-order chi connectivity index (χ1) is 14.7. The molecule has 3 aromatic carbocycles. The molecule has 0 aliphatic rings. The molecule has 2 aromatic heterocycles. The molecule has 5 rings (SSSR count). The Morgan fingerprint density at radius 2 is 1.83 bits per heavy atom. The number of nitrogens with zero attached hydrogens (tertiary/aromatic N) is 3. The summed E-state index contributed by atoms with van der Waals surface area (Å²) in [5, 5.41) is 0.710. The Bertz CT molecular complexity index is 1340. The Morgan fingerprint density at radius 1 is 1.00 bits per heavy atom. The van der Waals surface area contributed by atoms with Gasteiger partial charge in [0.2, 0.25) is 0 Å². The van der Waals surface area contributed by atoms with Crippen LogP contribution in [0.4, 0.5) is 5.13 Å². The van der Waals surface area contributed by atoms with Crippen molar-refractivity contribution in [2.45, 2.75) is 11.4 Å². The van der Waals surface area contributed by atoms with E-state index in [0.717, 1.165) is 26.0 Å². The molecule has 0 saturated heterocycles. The Morgan fingerprint density at radius 3 is 2.67 bits per heavy atom. The van der Waals surface area contributed by atoms with Crippen molar-refractivity contribution in [3.8, 4) is 0 Å². The predicted molar refractivity (Wildman–Crippen MR) is 128 cm³/mol. The van der Waals surface area contributed by atoms with Gasteiger partial charge in [0.05, 0.1) is 32.5 Å². The van der Waals surface area contributed by atoms with Gasteiger partial charge in [0, 0.05) is 10.5 Å². The number of carbonyl (C=O) groups excluding carboxylic acids is 1. The highest BCUT2D eigenvalue weighted by Gasteiger charge is 2.22. The van der Waals surface area contributed by atoms with Crippen molar-refractivity contribution in [2.24, 2.45) is 0 Å². The smallest absolute Gasteiger partial charge is 0.260 e. The monoisotopic (exact) mass is 447 g/mol. The van der Waals surface area contributed by atoms with Crippen molar-refractivity contribution >= 4 is 65.9 Å². The minimum Gasteiger partial charge on any atom is -0.279 e. The maximum atomic E-state index is 13.6. The van der Waals surface area contributed by atoms with Crippen LogP contribution in [0.2, 0.25) is 0 Å². The fourth-order valence-corrected chi connectivity index (χ4v) is 5.50. The number of benzene rings is 3. The SMILES string of the molecule is CSc1ccc2nc(N(Cc3ccccc3)C(=O)c3ccc4ncsc4c3)sc2c1. The molecule has 0 aliphatic heterocycles. The second-order valence-electron chi connectivity index (χ2n) is 6.74. The normalized spacial score (nSPS) is 11.2. The molecule has 148 valence electrons. The number of thioether (sulfide) groups is 1. The van der Waals surface area contributed by atoms with Gasteiger partial charge in [-0.3, -0.25) is 9.69 Å². The van der Waals surface area contributed by atoms with E-state index in [2.05, 4.69) is 23.4 Å². The Hall–Kier alpha value is -2.74. The third kappa shape index (κ3) is 3.71. The van der Waals surface area contributed by atoms with E-state index in [1.165, 1.54) is 4.90 Å². The van der Waals surface area contributed by atoms with Gasteiger partial charge in [-0.25, -0.2) is 9.97 Å². The van der Waals surface area contributed by atoms with Crippen molar-refractivity contribution in [2.75, 3.05) is 11.2 Å². The zero-order valence-corrected chi connectivity index (χ0v) is 18.6. The lowest BCUT2D eigenvalue weighted by atomic mass is 10.1. The molecule has 30 heavy (non-hydrogen) atoms. The van der Waals surface area contributed by atoms with Crippen LogP contribution in [0.25, 0.3) is 20.4 Å². The summed E-state index contributed by atoms with van der Waals surface area (Å²) < 4.78 is 2.09. The van der Waals surface area contributed by atoms with Gasteiger partial charge in [0.15, 0.2) is 5.13 Å². The van der Waals surface area contributed by atoms with E-state index in [9.17, 15) is 4.79 Å². The molecule has 0 radical (unpaired) electrons. The van der Waals surface area contributed by atoms with Gasteiger partial charge >= 0.3 is 0 Å². The molecule has 2 heterocycles. The summed E-state index contributed by atoms with van der Waals surface area (Å²) in [6, 6.07) is 21.9. The lowest BCUT2D eigenvalue weighted by Crippen LogP contribution is -2.30. The fraction of sp³-hybridized carbons (Fsp3) is 0.0870. The number of thiazole rings is 2. The zero-order valence-electron chi connectivity index (χ0n) is 16.1. The highest BCUT2D eigenvalue weighted by Crippen LogP contribution is 2.33. The van der Waals surface area contributed by atoms with Gasteiger partial charge in [0.1, 0.15) is 0 Å². The molecular formula is C23H17N3OS3. The third-order valence-electron chi connectivity index (χ3n) is 4.82. The summed E-state index contributed by atoms with van der Waals surface area (Å²) in [7, 11) is 0. The van der Waals surface area contributed by atoms with Crippen molar-refractivity contribution < 1.29 is 4.79 Å². The molecule has 0 bridgehead atoms. The molecule has 0 atom stereocenters. The van der Waals surface area contributed by atoms with Gasteiger partial charge in [-0.2, -0.15) is 0 Å². The van der Waals surface area contributed by atoms with Crippen molar-refractivity contribution in [3.63, 3.8) is 0 Å². The van der Waals surface area contributed by atoms with Crippen LogP contribution in [0.3, 0.4) is 0 Å². The highest BCUT2D eigenvalue weighted by molar-refractivity contribution is 7.98. The standard InChI is InChI=1S/C23H17N3OS3/c1-28-17-8-10-19-21(12-17)30-23(25-19)26(13-15-5-3-2-4-6-15)22(27)16-7-9-18-20(11-16)29-14-24-18/h2-12,14H,13H2,1H3. The number of fused-ring (bicyclic) bond motifs is 2. The number of hydrogen-bond acceptors (Lipinski definition) is 6. The molecule has 1 amide bonds. The highest BCUT2D eigenvalue weighted by atomic mass is 32.2. The Balaban J connectivity index is 1.58. The van der Waals surface area contributed by atoms with Crippen LogP contribution in [0.1, 0.15) is 15.9 Å². The molecule has 0 spiro atoms. The van der Waals surface area contributed by atoms with Crippen LogP contribution in [0, 0.1) is 0 Å². The first-order valence-electron chi connectivity index (χ1n) is 9.35. The molecule has 5 aromatic rings. The molecule has 0 unspecified atom stereocenters. The van der Waals surface area contributed by atoms with Gasteiger partial charge in [-0.05, 0) is 48.2 Å². The number of aromatic nitrogens is 2. The lowest BCUT2D eigenvalue weighted by molar-refractivity contribution is 0.0985. The van der Waals surface area contributed by atoms with Crippen LogP contribution in [-0.2, 0) is 6.54 Å². The van der Waals surface area contributed by atoms with E-state index in [-0.39, 0.29) is 5.91 Å². The average Bonchev–Trinajstić information content (AvgIpc) is 3.43. The maximum absolute atomic E-state index is 13.6. The van der Waals surface area contributed by atoms with Crippen LogP contribution < -0.4 is 4.90 Å². The third-order valence-corrected chi connectivity index (χ3v) is 7.38. The summed E-state index contributed by atoms with van der Waals surface area (Å²) >= 11 is 4.80. The molecule has 4 nitrogen and oxygen atoms in total. The van der Waals surface area contributed by atoms with Gasteiger partial charge in [-0.15, -0.1) is 23.1 Å². The number of hydrogen-bond donors (Lipinski definition) is 0. The maximum Gasteiger partial charge on any atom is 0.260 e. The van der Waals surface area contributed by atoms with Crippen molar-refractivity contribution in [1.29, 1.82) is 0 Å². The van der Waals surface area contributed by atoms with Crippen molar-refractivity contribution in [3.05, 3.63) is 83.4 Å². The van der Waals surface area contributed by atoms with Crippen LogP contribution in [0.15, 0.2) is 77.1 Å². The number of anilines is 1. The average molecular weight is 448 g/mol. The van der Waals surface area contributed by atoms with Crippen LogP contribution >= 0.6 is 34.4 Å². The summed E-state index contributed by atoms with van der Waals surface area (Å²) in [5.41, 5.74) is 5.34. The summed E-state index contributed by atoms with van der Waals surface area (Å²) in [4.78, 5) is 25.7. The largest absolute Gasteiger partial charge is 0.279 e. The second-order valence-corrected chi connectivity index (χ2v) is 9.52. The number of rotatable bonds is 5. The summed E-state index contributed by atoms with van der Waals surface area (Å²) in [6.45, 7) is 0.468. The Labute approximate surface area is 186 Å². The Kier molecular flexibility index (Phi) is 5.25. The number of carbonyl (C=O) groups is 1. The van der Waals surface area contributed by atoms with Crippen molar-refractivity contribution in [1.82, 2.24) is 9.97 Å². The lowest BCUT2D eigenvalue weighted by Gasteiger charge is -2.20. The quantitative estimate of drug-likeness (QED) is 0.290. The van der Waals surface area contributed by atoms with E-state index >= 15 is 0 Å². The molecule has 0 aliphatic carbocycles. The van der Waals surface area contributed by atoms with Gasteiger partial charge in [-0.1, -0.05) is 41.7 Å². The minimum absolute atomic E-state index is 0.0571. The van der Waals surface area contributed by atoms with E-state index in [0.29, 0.717) is 17.2 Å². The van der Waals surface area contributed by atoms with Gasteiger partial charge in [0.25, 0.3) is 5.91 Å². The molecule has 0 saturated carbocycles. The van der Waals surface area contributed by atoms with E-state index in [4.69, 9.17) is 4.98 Å². The topological polar surface area (TPSA) is 46.1 Å². The zero-order chi connectivity index (χ0) is 20.5. The fourth-order valence-electron chi connectivity index (χ4n) is 3.27. The molecule has 7 heteroatoms. The molecule has 0 N–H and O–H groups in total. The predicted octanol–water partition coefficient (Wildman–Crippen LogP) is 6.47. The molecular weight excluding hydrogens is 430 g/mol. The van der Waals surface area contributed by atoms with E-state index in [1.807, 2.05) is 54.6 Å². The van der Waals surface area contributed by atoms with Crippen LogP contribution in [-0.4, -0.2) is 22.1 Å². The van der Waals surface area contributed by atoms with Crippen LogP contribution in [0.5, 0.6) is 0 Å². The van der Waals surface area contributed by atoms with E-state index in [1.54, 1.807) is 44.8 Å². The first kappa shape index (κ1) is 19.2.